The third-order valence-electron chi connectivity index (χ3n) is 3.75. The number of carbonyl (C=O) groups is 2. The van der Waals surface area contributed by atoms with Crippen LogP contribution in [0.1, 0.15) is 26.4 Å². The lowest BCUT2D eigenvalue weighted by molar-refractivity contribution is 0.0945. The van der Waals surface area contributed by atoms with Crippen molar-refractivity contribution in [3.05, 3.63) is 93.5 Å². The van der Waals surface area contributed by atoms with Crippen LogP contribution in [-0.4, -0.2) is 16.8 Å². The molecule has 0 atom stereocenters. The average molecular weight is 418 g/mol. The third-order valence-corrected chi connectivity index (χ3v) is 4.27. The Balaban J connectivity index is 1.65. The van der Waals surface area contributed by atoms with Crippen molar-refractivity contribution in [3.63, 3.8) is 0 Å². The van der Waals surface area contributed by atoms with Crippen LogP contribution in [0.5, 0.6) is 0 Å². The fraction of sp³-hybridized carbons (Fsp3) is 0.0500. The van der Waals surface area contributed by atoms with Crippen molar-refractivity contribution in [2.75, 3.05) is 5.32 Å². The van der Waals surface area contributed by atoms with Gasteiger partial charge in [-0.3, -0.25) is 9.59 Å². The van der Waals surface area contributed by atoms with Gasteiger partial charge in [0.1, 0.15) is 16.7 Å². The van der Waals surface area contributed by atoms with Crippen LogP contribution in [0.25, 0.3) is 0 Å². The van der Waals surface area contributed by atoms with Crippen molar-refractivity contribution < 1.29 is 14.0 Å². The lowest BCUT2D eigenvalue weighted by atomic mass is 10.1. The van der Waals surface area contributed by atoms with E-state index in [1.54, 1.807) is 24.3 Å². The van der Waals surface area contributed by atoms with Crippen LogP contribution in [-0.2, 0) is 6.54 Å². The molecule has 0 spiro atoms. The van der Waals surface area contributed by atoms with Gasteiger partial charge < -0.3 is 10.6 Å². The Hall–Kier alpha value is -2.96. The molecule has 1 heterocycles. The summed E-state index contributed by atoms with van der Waals surface area (Å²) in [5.74, 6) is -1.39. The van der Waals surface area contributed by atoms with Crippen molar-refractivity contribution in [3.8, 4) is 0 Å². The van der Waals surface area contributed by atoms with Crippen molar-refractivity contribution in [1.29, 1.82) is 0 Å². The molecule has 5 nitrogen and oxygen atoms in total. The molecule has 142 valence electrons. The summed E-state index contributed by atoms with van der Waals surface area (Å²) in [6.07, 6.45) is 0. The number of pyridine rings is 1. The number of benzene rings is 2. The Morgan fingerprint density at radius 1 is 0.964 bits per heavy atom. The van der Waals surface area contributed by atoms with Gasteiger partial charge >= 0.3 is 0 Å². The molecule has 0 aliphatic heterocycles. The van der Waals surface area contributed by atoms with E-state index in [1.165, 1.54) is 30.3 Å². The highest BCUT2D eigenvalue weighted by Crippen LogP contribution is 2.17. The highest BCUT2D eigenvalue weighted by molar-refractivity contribution is 6.34. The van der Waals surface area contributed by atoms with Crippen molar-refractivity contribution >= 4 is 40.7 Å². The van der Waals surface area contributed by atoms with Crippen LogP contribution in [0.3, 0.4) is 0 Å². The number of carbonyl (C=O) groups excluding carboxylic acids is 2. The molecule has 28 heavy (non-hydrogen) atoms. The fourth-order valence-corrected chi connectivity index (χ4v) is 2.77. The molecule has 8 heteroatoms. The van der Waals surface area contributed by atoms with Crippen molar-refractivity contribution in [1.82, 2.24) is 10.3 Å². The average Bonchev–Trinajstić information content (AvgIpc) is 2.68. The van der Waals surface area contributed by atoms with Gasteiger partial charge in [0.15, 0.2) is 0 Å². The van der Waals surface area contributed by atoms with Crippen LogP contribution in [0.2, 0.25) is 10.2 Å². The van der Waals surface area contributed by atoms with E-state index in [-0.39, 0.29) is 28.0 Å². The first-order valence-corrected chi connectivity index (χ1v) is 8.94. The number of rotatable bonds is 5. The minimum atomic E-state index is -0.489. The SMILES string of the molecule is O=C(Nc1cccc(CNC(=O)c2nc(Cl)ccc2Cl)c1)c1cccc(F)c1. The zero-order valence-electron chi connectivity index (χ0n) is 14.4. The summed E-state index contributed by atoms with van der Waals surface area (Å²) in [5, 5.41) is 5.74. The topological polar surface area (TPSA) is 71.1 Å². The molecule has 2 N–H and O–H groups in total. The summed E-state index contributed by atoms with van der Waals surface area (Å²) in [6.45, 7) is 0.188. The van der Waals surface area contributed by atoms with Crippen molar-refractivity contribution in [2.24, 2.45) is 0 Å². The van der Waals surface area contributed by atoms with E-state index in [2.05, 4.69) is 15.6 Å². The first-order valence-electron chi connectivity index (χ1n) is 8.18. The van der Waals surface area contributed by atoms with E-state index in [0.717, 1.165) is 11.6 Å². The van der Waals surface area contributed by atoms with E-state index in [4.69, 9.17) is 23.2 Å². The minimum Gasteiger partial charge on any atom is -0.347 e. The molecule has 0 radical (unpaired) electrons. The Morgan fingerprint density at radius 2 is 1.75 bits per heavy atom. The summed E-state index contributed by atoms with van der Waals surface area (Å²) in [5.41, 5.74) is 1.49. The van der Waals surface area contributed by atoms with Gasteiger partial charge in [0.25, 0.3) is 11.8 Å². The molecule has 0 fully saturated rings. The van der Waals surface area contributed by atoms with Crippen LogP contribution in [0.4, 0.5) is 10.1 Å². The number of aromatic nitrogens is 1. The minimum absolute atomic E-state index is 0.0322. The van der Waals surface area contributed by atoms with Crippen molar-refractivity contribution in [2.45, 2.75) is 6.54 Å². The van der Waals surface area contributed by atoms with Gasteiger partial charge in [-0.25, -0.2) is 9.37 Å². The maximum absolute atomic E-state index is 13.3. The van der Waals surface area contributed by atoms with Crippen LogP contribution in [0.15, 0.2) is 60.7 Å². The number of hydrogen-bond acceptors (Lipinski definition) is 3. The first-order chi connectivity index (χ1) is 13.4. The molecule has 0 aliphatic carbocycles. The summed E-state index contributed by atoms with van der Waals surface area (Å²) >= 11 is 11.8. The molecule has 1 aromatic heterocycles. The Labute approximate surface area is 170 Å². The van der Waals surface area contributed by atoms with E-state index >= 15 is 0 Å². The van der Waals surface area contributed by atoms with Gasteiger partial charge in [0.05, 0.1) is 5.02 Å². The maximum atomic E-state index is 13.3. The van der Waals surface area contributed by atoms with E-state index in [1.807, 2.05) is 0 Å². The quantitative estimate of drug-likeness (QED) is 0.590. The second-order valence-corrected chi connectivity index (χ2v) is 6.61. The Bertz CT molecular complexity index is 1040. The zero-order chi connectivity index (χ0) is 20.1. The molecule has 2 aromatic carbocycles. The number of hydrogen-bond donors (Lipinski definition) is 2. The summed E-state index contributed by atoms with van der Waals surface area (Å²) in [6, 6.07) is 15.3. The van der Waals surface area contributed by atoms with E-state index in [0.29, 0.717) is 5.69 Å². The van der Waals surface area contributed by atoms with Gasteiger partial charge in [-0.1, -0.05) is 41.4 Å². The standard InChI is InChI=1S/C20H14Cl2FN3O2/c21-16-7-8-17(22)26-18(16)20(28)24-11-12-3-1-6-15(9-12)25-19(27)13-4-2-5-14(23)10-13/h1-10H,11H2,(H,24,28)(H,25,27). The first kappa shape index (κ1) is 19.8. The van der Waals surface area contributed by atoms with Gasteiger partial charge in [0.2, 0.25) is 0 Å². The molecule has 0 unspecified atom stereocenters. The normalized spacial score (nSPS) is 10.4. The van der Waals surface area contributed by atoms with Crippen LogP contribution in [0, 0.1) is 5.82 Å². The molecular weight excluding hydrogens is 404 g/mol. The second-order valence-electron chi connectivity index (χ2n) is 5.81. The number of halogens is 3. The van der Waals surface area contributed by atoms with E-state index < -0.39 is 17.6 Å². The molecule has 2 amide bonds. The zero-order valence-corrected chi connectivity index (χ0v) is 15.9. The summed E-state index contributed by atoms with van der Waals surface area (Å²) < 4.78 is 13.3. The lowest BCUT2D eigenvalue weighted by Crippen LogP contribution is -2.24. The second kappa shape index (κ2) is 8.82. The number of amides is 2. The molecule has 3 aromatic rings. The monoisotopic (exact) mass is 417 g/mol. The molecular formula is C20H14Cl2FN3O2. The number of anilines is 1. The maximum Gasteiger partial charge on any atom is 0.271 e. The van der Waals surface area contributed by atoms with Gasteiger partial charge in [-0.15, -0.1) is 0 Å². The molecule has 0 bridgehead atoms. The predicted octanol–water partition coefficient (Wildman–Crippen LogP) is 4.71. The molecule has 0 aliphatic rings. The Kier molecular flexibility index (Phi) is 6.23. The van der Waals surface area contributed by atoms with Gasteiger partial charge in [-0.2, -0.15) is 0 Å². The Morgan fingerprint density at radius 3 is 2.54 bits per heavy atom. The fourth-order valence-electron chi connectivity index (χ4n) is 2.44. The highest BCUT2D eigenvalue weighted by Gasteiger charge is 2.13. The number of nitrogens with zero attached hydrogens (tertiary/aromatic N) is 1. The third kappa shape index (κ3) is 5.06. The lowest BCUT2D eigenvalue weighted by Gasteiger charge is -2.09. The van der Waals surface area contributed by atoms with Crippen LogP contribution >= 0.6 is 23.2 Å². The number of nitrogens with one attached hydrogen (secondary N) is 2. The molecule has 0 saturated heterocycles. The highest BCUT2D eigenvalue weighted by atomic mass is 35.5. The van der Waals surface area contributed by atoms with Crippen LogP contribution < -0.4 is 10.6 Å². The van der Waals surface area contributed by atoms with Gasteiger partial charge in [-0.05, 0) is 48.0 Å². The smallest absolute Gasteiger partial charge is 0.271 e. The van der Waals surface area contributed by atoms with Gasteiger partial charge in [0, 0.05) is 17.8 Å². The molecule has 3 rings (SSSR count). The summed E-state index contributed by atoms with van der Waals surface area (Å²) in [4.78, 5) is 28.4. The molecule has 0 saturated carbocycles. The summed E-state index contributed by atoms with van der Waals surface area (Å²) in [7, 11) is 0. The largest absolute Gasteiger partial charge is 0.347 e. The predicted molar refractivity (Wildman–Crippen MR) is 106 cm³/mol. The van der Waals surface area contributed by atoms with E-state index in [9.17, 15) is 14.0 Å².